The van der Waals surface area contributed by atoms with Crippen LogP contribution >= 0.6 is 24.0 Å². The highest BCUT2D eigenvalue weighted by atomic mass is 35.5. The lowest BCUT2D eigenvalue weighted by molar-refractivity contribution is 0.268. The number of nitrogens with zero attached hydrogens (tertiary/aromatic N) is 1. The molecule has 7 heteroatoms. The first kappa shape index (κ1) is 19.7. The molecule has 1 aliphatic rings. The zero-order valence-electron chi connectivity index (χ0n) is 13.0. The molecule has 0 aliphatic carbocycles. The Morgan fingerprint density at radius 3 is 2.55 bits per heavy atom. The molecule has 1 aromatic carbocycles. The molecule has 0 saturated carbocycles. The van der Waals surface area contributed by atoms with Crippen molar-refractivity contribution in [2.24, 2.45) is 5.92 Å². The smallest absolute Gasteiger partial charge is 0.243 e. The minimum Gasteiger partial charge on any atom is -0.317 e. The lowest BCUT2D eigenvalue weighted by atomic mass is 9.98. The van der Waals surface area contributed by atoms with Crippen molar-refractivity contribution in [3.63, 3.8) is 0 Å². The molecule has 1 aromatic rings. The van der Waals surface area contributed by atoms with E-state index < -0.39 is 10.0 Å². The molecular weight excluding hydrogens is 343 g/mol. The summed E-state index contributed by atoms with van der Waals surface area (Å²) in [5.74, 6) is 0.567. The van der Waals surface area contributed by atoms with E-state index in [0.717, 1.165) is 31.5 Å². The molecule has 0 spiro atoms. The van der Waals surface area contributed by atoms with Gasteiger partial charge in [-0.1, -0.05) is 24.6 Å². The van der Waals surface area contributed by atoms with Gasteiger partial charge in [0.05, 0.1) is 4.90 Å². The van der Waals surface area contributed by atoms with E-state index in [1.807, 2.05) is 0 Å². The molecule has 1 fully saturated rings. The number of benzene rings is 1. The Morgan fingerprint density at radius 1 is 1.32 bits per heavy atom. The van der Waals surface area contributed by atoms with Gasteiger partial charge in [-0.2, -0.15) is 4.31 Å². The SMILES string of the molecule is CCNCC1CCN(S(=O)(=O)c2cc(Cl)ccc2C)CC1.Cl. The van der Waals surface area contributed by atoms with Gasteiger partial charge in [0.15, 0.2) is 0 Å². The first-order chi connectivity index (χ1) is 9.95. The van der Waals surface area contributed by atoms with Gasteiger partial charge in [0, 0.05) is 18.1 Å². The lowest BCUT2D eigenvalue weighted by Gasteiger charge is -2.31. The fraction of sp³-hybridized carbons (Fsp3) is 0.600. The minimum atomic E-state index is -3.43. The molecule has 0 aromatic heterocycles. The summed E-state index contributed by atoms with van der Waals surface area (Å²) in [5.41, 5.74) is 0.745. The van der Waals surface area contributed by atoms with Crippen molar-refractivity contribution in [1.82, 2.24) is 9.62 Å². The van der Waals surface area contributed by atoms with E-state index in [0.29, 0.717) is 28.9 Å². The summed E-state index contributed by atoms with van der Waals surface area (Å²) < 4.78 is 27.1. The Balaban J connectivity index is 0.00000242. The average molecular weight is 367 g/mol. The van der Waals surface area contributed by atoms with Gasteiger partial charge >= 0.3 is 0 Å². The van der Waals surface area contributed by atoms with Crippen molar-refractivity contribution in [2.75, 3.05) is 26.2 Å². The van der Waals surface area contributed by atoms with E-state index in [4.69, 9.17) is 11.6 Å². The molecule has 0 unspecified atom stereocenters. The van der Waals surface area contributed by atoms with Crippen molar-refractivity contribution < 1.29 is 8.42 Å². The van der Waals surface area contributed by atoms with Crippen LogP contribution in [0.2, 0.25) is 5.02 Å². The summed E-state index contributed by atoms with van der Waals surface area (Å²) >= 11 is 5.95. The largest absolute Gasteiger partial charge is 0.317 e. The fourth-order valence-electron chi connectivity index (χ4n) is 2.69. The highest BCUT2D eigenvalue weighted by molar-refractivity contribution is 7.89. The Hall–Kier alpha value is -0.330. The van der Waals surface area contributed by atoms with Crippen molar-refractivity contribution >= 4 is 34.0 Å². The van der Waals surface area contributed by atoms with Crippen LogP contribution in [0, 0.1) is 12.8 Å². The van der Waals surface area contributed by atoms with Gasteiger partial charge in [-0.05, 0) is 56.5 Å². The van der Waals surface area contributed by atoms with Crippen LogP contribution in [0.15, 0.2) is 23.1 Å². The van der Waals surface area contributed by atoms with Crippen LogP contribution in [0.4, 0.5) is 0 Å². The standard InChI is InChI=1S/C15H23ClN2O2S.ClH/c1-3-17-11-13-6-8-18(9-7-13)21(19,20)15-10-14(16)5-4-12(15)2;/h4-5,10,13,17H,3,6-9,11H2,1-2H3;1H. The van der Waals surface area contributed by atoms with Crippen LogP contribution in [0.3, 0.4) is 0 Å². The molecule has 0 amide bonds. The predicted octanol–water partition coefficient (Wildman–Crippen LogP) is 3.08. The van der Waals surface area contributed by atoms with Crippen LogP contribution < -0.4 is 5.32 Å². The van der Waals surface area contributed by atoms with Crippen LogP contribution in [0.5, 0.6) is 0 Å². The molecule has 0 atom stereocenters. The third-order valence-electron chi connectivity index (χ3n) is 4.02. The highest BCUT2D eigenvalue weighted by Gasteiger charge is 2.30. The molecule has 2 rings (SSSR count). The van der Waals surface area contributed by atoms with E-state index in [1.165, 1.54) is 0 Å². The summed E-state index contributed by atoms with van der Waals surface area (Å²) in [7, 11) is -3.43. The topological polar surface area (TPSA) is 49.4 Å². The van der Waals surface area contributed by atoms with Crippen molar-refractivity contribution in [1.29, 1.82) is 0 Å². The van der Waals surface area contributed by atoms with E-state index in [9.17, 15) is 8.42 Å². The monoisotopic (exact) mass is 366 g/mol. The third kappa shape index (κ3) is 4.59. The molecule has 126 valence electrons. The van der Waals surface area contributed by atoms with E-state index in [2.05, 4.69) is 12.2 Å². The molecular formula is C15H24Cl2N2O2S. The van der Waals surface area contributed by atoms with Crippen LogP contribution in [0.1, 0.15) is 25.3 Å². The second-order valence-corrected chi connectivity index (χ2v) is 7.91. The molecule has 1 N–H and O–H groups in total. The first-order valence-corrected chi connectivity index (χ1v) is 9.24. The van der Waals surface area contributed by atoms with Gasteiger partial charge in [-0.15, -0.1) is 12.4 Å². The Labute approximate surface area is 144 Å². The maximum absolute atomic E-state index is 12.7. The minimum absolute atomic E-state index is 0. The Bertz CT molecular complexity index is 585. The zero-order chi connectivity index (χ0) is 15.5. The van der Waals surface area contributed by atoms with Crippen molar-refractivity contribution in [2.45, 2.75) is 31.6 Å². The number of hydrogen-bond acceptors (Lipinski definition) is 3. The van der Waals surface area contributed by atoms with Gasteiger partial charge in [0.2, 0.25) is 10.0 Å². The molecule has 1 saturated heterocycles. The fourth-order valence-corrected chi connectivity index (χ4v) is 4.65. The van der Waals surface area contributed by atoms with Gasteiger partial charge in [-0.3, -0.25) is 0 Å². The quantitative estimate of drug-likeness (QED) is 0.870. The van der Waals surface area contributed by atoms with Gasteiger partial charge in [0.1, 0.15) is 0 Å². The van der Waals surface area contributed by atoms with E-state index in [-0.39, 0.29) is 12.4 Å². The lowest BCUT2D eigenvalue weighted by Crippen LogP contribution is -2.40. The van der Waals surface area contributed by atoms with Gasteiger partial charge in [0.25, 0.3) is 0 Å². The van der Waals surface area contributed by atoms with Crippen LogP contribution in [-0.2, 0) is 10.0 Å². The highest BCUT2D eigenvalue weighted by Crippen LogP contribution is 2.27. The van der Waals surface area contributed by atoms with Crippen molar-refractivity contribution in [3.8, 4) is 0 Å². The van der Waals surface area contributed by atoms with Gasteiger partial charge < -0.3 is 5.32 Å². The predicted molar refractivity (Wildman–Crippen MR) is 93.5 cm³/mol. The molecule has 22 heavy (non-hydrogen) atoms. The molecule has 4 nitrogen and oxygen atoms in total. The summed E-state index contributed by atoms with van der Waals surface area (Å²) in [6.45, 7) is 7.00. The summed E-state index contributed by atoms with van der Waals surface area (Å²) in [4.78, 5) is 0.333. The summed E-state index contributed by atoms with van der Waals surface area (Å²) in [6.07, 6.45) is 1.82. The van der Waals surface area contributed by atoms with Crippen molar-refractivity contribution in [3.05, 3.63) is 28.8 Å². The molecule has 0 radical (unpaired) electrons. The average Bonchev–Trinajstić information content (AvgIpc) is 2.48. The third-order valence-corrected chi connectivity index (χ3v) is 6.30. The first-order valence-electron chi connectivity index (χ1n) is 7.42. The molecule has 0 bridgehead atoms. The Kier molecular flexibility index (Phi) is 7.62. The van der Waals surface area contributed by atoms with Crippen LogP contribution in [0.25, 0.3) is 0 Å². The number of sulfonamides is 1. The molecule has 1 aliphatic heterocycles. The Morgan fingerprint density at radius 2 is 1.95 bits per heavy atom. The number of rotatable bonds is 5. The van der Waals surface area contributed by atoms with Crippen LogP contribution in [-0.4, -0.2) is 38.9 Å². The second-order valence-electron chi connectivity index (χ2n) is 5.56. The number of aryl methyl sites for hydroxylation is 1. The van der Waals surface area contributed by atoms with E-state index >= 15 is 0 Å². The number of hydrogen-bond donors (Lipinski definition) is 1. The molecule has 1 heterocycles. The maximum atomic E-state index is 12.7. The zero-order valence-corrected chi connectivity index (χ0v) is 15.4. The van der Waals surface area contributed by atoms with Gasteiger partial charge in [-0.25, -0.2) is 8.42 Å². The maximum Gasteiger partial charge on any atom is 0.243 e. The number of halogens is 2. The second kappa shape index (κ2) is 8.50. The normalized spacial score (nSPS) is 17.2. The number of piperidine rings is 1. The van der Waals surface area contributed by atoms with E-state index in [1.54, 1.807) is 29.4 Å². The summed E-state index contributed by atoms with van der Waals surface area (Å²) in [5, 5.41) is 3.79. The number of nitrogens with one attached hydrogen (secondary N) is 1. The summed E-state index contributed by atoms with van der Waals surface area (Å²) in [6, 6.07) is 5.03.